The lowest BCUT2D eigenvalue weighted by Gasteiger charge is -2.15. The van der Waals surface area contributed by atoms with Gasteiger partial charge in [0.15, 0.2) is 5.71 Å². The maximum atomic E-state index is 13.5. The Balaban J connectivity index is 2.08. The van der Waals surface area contributed by atoms with E-state index in [1.54, 1.807) is 0 Å². The maximum Gasteiger partial charge on any atom is 0.435 e. The molecule has 156 valence electrons. The number of carbonyl (C=O) groups is 2. The van der Waals surface area contributed by atoms with E-state index < -0.39 is 35.1 Å². The number of hydrogen-bond acceptors (Lipinski definition) is 5. The van der Waals surface area contributed by atoms with Gasteiger partial charge in [-0.3, -0.25) is 4.79 Å². The third kappa shape index (κ3) is 4.01. The van der Waals surface area contributed by atoms with Crippen LogP contribution in [-0.4, -0.2) is 36.0 Å². The second-order valence-corrected chi connectivity index (χ2v) is 6.86. The lowest BCUT2D eigenvalue weighted by molar-refractivity contribution is -0.271. The number of hydrazone groups is 1. The first kappa shape index (κ1) is 21.4. The summed E-state index contributed by atoms with van der Waals surface area (Å²) in [5.41, 5.74) is -2.19. The van der Waals surface area contributed by atoms with Crippen LogP contribution in [0.25, 0.3) is 6.08 Å². The van der Waals surface area contributed by atoms with Gasteiger partial charge in [0.1, 0.15) is 5.75 Å². The summed E-state index contributed by atoms with van der Waals surface area (Å²) in [6.45, 7) is 0. The fourth-order valence-corrected chi connectivity index (χ4v) is 3.12. The van der Waals surface area contributed by atoms with Crippen LogP contribution in [0.1, 0.15) is 15.9 Å². The van der Waals surface area contributed by atoms with E-state index in [4.69, 9.17) is 9.84 Å². The van der Waals surface area contributed by atoms with Crippen LogP contribution in [0.4, 0.5) is 18.9 Å². The molecule has 0 saturated heterocycles. The van der Waals surface area contributed by atoms with Crippen molar-refractivity contribution in [2.75, 3.05) is 12.1 Å². The molecular formula is C19H11BrF3N2O5-. The second-order valence-electron chi connectivity index (χ2n) is 6.01. The number of anilines is 1. The minimum atomic E-state index is -4.93. The van der Waals surface area contributed by atoms with Crippen LogP contribution in [0.15, 0.2) is 51.5 Å². The Kier molecular flexibility index (Phi) is 5.57. The lowest BCUT2D eigenvalue weighted by Crippen LogP contribution is -2.25. The highest BCUT2D eigenvalue weighted by molar-refractivity contribution is 9.10. The zero-order valence-electron chi connectivity index (χ0n) is 15.0. The van der Waals surface area contributed by atoms with Crippen molar-refractivity contribution in [3.05, 3.63) is 57.6 Å². The number of alkyl halides is 3. The number of carboxylic acids is 1. The minimum absolute atomic E-state index is 0.0381. The van der Waals surface area contributed by atoms with Crippen LogP contribution in [0, 0.1) is 0 Å². The molecule has 1 heterocycles. The molecule has 1 N–H and O–H groups in total. The number of halogens is 4. The quantitative estimate of drug-likeness (QED) is 0.669. The second kappa shape index (κ2) is 7.82. The predicted octanol–water partition coefficient (Wildman–Crippen LogP) is 3.58. The number of rotatable bonds is 4. The summed E-state index contributed by atoms with van der Waals surface area (Å²) in [6.07, 6.45) is -3.98. The Morgan fingerprint density at radius 1 is 1.27 bits per heavy atom. The van der Waals surface area contributed by atoms with Gasteiger partial charge >= 0.3 is 12.1 Å². The molecule has 0 unspecified atom stereocenters. The molecule has 0 bridgehead atoms. The molecule has 0 saturated carbocycles. The van der Waals surface area contributed by atoms with Crippen LogP contribution in [0.3, 0.4) is 0 Å². The Hall–Kier alpha value is -3.34. The van der Waals surface area contributed by atoms with E-state index in [2.05, 4.69) is 21.0 Å². The molecule has 2 aromatic rings. The summed E-state index contributed by atoms with van der Waals surface area (Å²) < 4.78 is 45.5. The number of hydrogen-bond donors (Lipinski definition) is 1. The number of amides is 1. The van der Waals surface area contributed by atoms with Gasteiger partial charge in [0.25, 0.3) is 5.91 Å². The molecule has 0 fully saturated rings. The summed E-state index contributed by atoms with van der Waals surface area (Å²) in [5, 5.41) is 24.7. The maximum absolute atomic E-state index is 13.5. The van der Waals surface area contributed by atoms with Gasteiger partial charge < -0.3 is 14.9 Å². The SMILES string of the molecule is COc1cc(/C=C2\C(=O)N(c3ccc(C(=O)O)cc3)N=C2C(F)(F)F)cc(Br)c1[O-]. The van der Waals surface area contributed by atoms with Crippen molar-refractivity contribution in [2.45, 2.75) is 6.18 Å². The summed E-state index contributed by atoms with van der Waals surface area (Å²) in [4.78, 5) is 23.7. The molecule has 0 atom stereocenters. The molecule has 3 rings (SSSR count). The highest BCUT2D eigenvalue weighted by Gasteiger charge is 2.46. The van der Waals surface area contributed by atoms with E-state index in [0.29, 0.717) is 5.01 Å². The van der Waals surface area contributed by atoms with Gasteiger partial charge in [-0.15, -0.1) is 0 Å². The van der Waals surface area contributed by atoms with Crippen molar-refractivity contribution in [1.29, 1.82) is 0 Å². The predicted molar refractivity (Wildman–Crippen MR) is 102 cm³/mol. The van der Waals surface area contributed by atoms with Gasteiger partial charge in [-0.05, 0) is 48.0 Å². The first-order chi connectivity index (χ1) is 14.0. The average molecular weight is 484 g/mol. The third-order valence-corrected chi connectivity index (χ3v) is 4.66. The highest BCUT2D eigenvalue weighted by atomic mass is 79.9. The number of carbonyl (C=O) groups excluding carboxylic acids is 1. The van der Waals surface area contributed by atoms with Gasteiger partial charge in [0.2, 0.25) is 0 Å². The van der Waals surface area contributed by atoms with Gasteiger partial charge in [0.05, 0.1) is 23.9 Å². The minimum Gasteiger partial charge on any atom is -0.869 e. The van der Waals surface area contributed by atoms with Crippen molar-refractivity contribution in [2.24, 2.45) is 5.10 Å². The van der Waals surface area contributed by atoms with E-state index >= 15 is 0 Å². The standard InChI is InChI=1S/C19H12BrF3N2O5/c1-30-14-8-9(7-13(20)15(14)26)6-12-16(19(21,22)23)24-25(17(12)27)11-4-2-10(3-5-11)18(28)29/h2-8,26H,1H3,(H,28,29)/p-1/b12-6-. The normalized spacial score (nSPS) is 15.5. The summed E-state index contributed by atoms with van der Waals surface area (Å²) in [6, 6.07) is 7.09. The fourth-order valence-electron chi connectivity index (χ4n) is 2.66. The lowest BCUT2D eigenvalue weighted by atomic mass is 10.1. The Bertz CT molecular complexity index is 1090. The van der Waals surface area contributed by atoms with Gasteiger partial charge in [0, 0.05) is 4.47 Å². The number of aromatic carboxylic acids is 1. The Morgan fingerprint density at radius 3 is 2.43 bits per heavy atom. The third-order valence-electron chi connectivity index (χ3n) is 4.07. The summed E-state index contributed by atoms with van der Waals surface area (Å²) in [5.74, 6) is -2.90. The van der Waals surface area contributed by atoms with Crippen molar-refractivity contribution in [1.82, 2.24) is 0 Å². The van der Waals surface area contributed by atoms with Crippen LogP contribution in [0.5, 0.6) is 11.5 Å². The smallest absolute Gasteiger partial charge is 0.435 e. The molecule has 0 aromatic heterocycles. The molecule has 7 nitrogen and oxygen atoms in total. The summed E-state index contributed by atoms with van der Waals surface area (Å²) >= 11 is 3.01. The van der Waals surface area contributed by atoms with Crippen LogP contribution in [0.2, 0.25) is 0 Å². The topological polar surface area (TPSA) is 102 Å². The first-order valence-corrected chi connectivity index (χ1v) is 8.92. The average Bonchev–Trinajstić information content (AvgIpc) is 3.01. The molecule has 1 aliphatic heterocycles. The van der Waals surface area contributed by atoms with E-state index in [1.807, 2.05) is 0 Å². The number of ether oxygens (including phenoxy) is 1. The highest BCUT2D eigenvalue weighted by Crippen LogP contribution is 2.36. The van der Waals surface area contributed by atoms with Crippen LogP contribution in [-0.2, 0) is 4.79 Å². The number of benzene rings is 2. The number of methoxy groups -OCH3 is 1. The Morgan fingerprint density at radius 2 is 1.90 bits per heavy atom. The number of nitrogens with zero attached hydrogens (tertiary/aromatic N) is 2. The molecule has 1 amide bonds. The molecular weight excluding hydrogens is 473 g/mol. The summed E-state index contributed by atoms with van der Waals surface area (Å²) in [7, 11) is 1.23. The van der Waals surface area contributed by atoms with Crippen molar-refractivity contribution in [3.8, 4) is 11.5 Å². The largest absolute Gasteiger partial charge is 0.869 e. The van der Waals surface area contributed by atoms with Crippen LogP contribution >= 0.6 is 15.9 Å². The molecule has 1 aliphatic rings. The molecule has 0 radical (unpaired) electrons. The van der Waals surface area contributed by atoms with Crippen LogP contribution < -0.4 is 14.9 Å². The van der Waals surface area contributed by atoms with E-state index in [0.717, 1.165) is 18.2 Å². The van der Waals surface area contributed by atoms with E-state index in [-0.39, 0.29) is 27.0 Å². The molecule has 30 heavy (non-hydrogen) atoms. The zero-order chi connectivity index (χ0) is 22.2. The van der Waals surface area contributed by atoms with E-state index in [9.17, 15) is 27.9 Å². The fraction of sp³-hybridized carbons (Fsp3) is 0.105. The van der Waals surface area contributed by atoms with Gasteiger partial charge in [-0.2, -0.15) is 23.3 Å². The van der Waals surface area contributed by atoms with E-state index in [1.165, 1.54) is 31.4 Å². The number of carboxylic acid groups (broad SMARTS) is 1. The van der Waals surface area contributed by atoms with Gasteiger partial charge in [-0.1, -0.05) is 21.7 Å². The molecule has 0 aliphatic carbocycles. The molecule has 2 aromatic carbocycles. The molecule has 11 heteroatoms. The first-order valence-electron chi connectivity index (χ1n) is 8.13. The van der Waals surface area contributed by atoms with Crippen molar-refractivity contribution >= 4 is 45.3 Å². The Labute approximate surface area is 175 Å². The molecule has 0 spiro atoms. The van der Waals surface area contributed by atoms with Crippen molar-refractivity contribution in [3.63, 3.8) is 0 Å². The van der Waals surface area contributed by atoms with Crippen molar-refractivity contribution < 1.29 is 37.7 Å². The van der Waals surface area contributed by atoms with Gasteiger partial charge in [-0.25, -0.2) is 4.79 Å². The zero-order valence-corrected chi connectivity index (χ0v) is 16.6. The monoisotopic (exact) mass is 483 g/mol.